The normalized spacial score (nSPS) is 14.9. The van der Waals surface area contributed by atoms with Gasteiger partial charge < -0.3 is 18.9 Å². The Hall–Kier alpha value is -4.18. The van der Waals surface area contributed by atoms with Crippen LogP contribution in [-0.4, -0.2) is 43.4 Å². The Morgan fingerprint density at radius 2 is 1.79 bits per heavy atom. The van der Waals surface area contributed by atoms with Gasteiger partial charge in [-0.3, -0.25) is 9.36 Å². The molecule has 9 nitrogen and oxygen atoms in total. The van der Waals surface area contributed by atoms with Crippen LogP contribution in [0.2, 0.25) is 0 Å². The Balaban J connectivity index is 1.81. The average Bonchev–Trinajstić information content (AvgIpc) is 3.26. The molecular formula is C29H30N2O7S. The molecule has 1 atom stereocenters. The monoisotopic (exact) mass is 550 g/mol. The number of fused-ring (bicyclic) bond motifs is 1. The van der Waals surface area contributed by atoms with E-state index in [9.17, 15) is 14.4 Å². The maximum Gasteiger partial charge on any atom is 0.344 e. The van der Waals surface area contributed by atoms with Crippen LogP contribution in [0.3, 0.4) is 0 Å². The molecule has 0 aliphatic carbocycles. The van der Waals surface area contributed by atoms with Gasteiger partial charge in [-0.25, -0.2) is 14.6 Å². The van der Waals surface area contributed by atoms with Gasteiger partial charge in [0.2, 0.25) is 0 Å². The van der Waals surface area contributed by atoms with Gasteiger partial charge in [0.05, 0.1) is 42.2 Å². The lowest BCUT2D eigenvalue weighted by atomic mass is 9.95. The number of aromatic nitrogens is 1. The van der Waals surface area contributed by atoms with Gasteiger partial charge in [0.25, 0.3) is 5.56 Å². The summed E-state index contributed by atoms with van der Waals surface area (Å²) in [7, 11) is 1.33. The van der Waals surface area contributed by atoms with E-state index in [0.717, 1.165) is 5.56 Å². The molecule has 0 amide bonds. The number of methoxy groups -OCH3 is 1. The fraction of sp³-hybridized carbons (Fsp3) is 0.310. The highest BCUT2D eigenvalue weighted by Crippen LogP contribution is 2.32. The molecule has 3 aromatic rings. The highest BCUT2D eigenvalue weighted by atomic mass is 32.1. The first-order chi connectivity index (χ1) is 18.9. The van der Waals surface area contributed by atoms with Crippen LogP contribution in [0.25, 0.3) is 6.08 Å². The zero-order valence-electron chi connectivity index (χ0n) is 22.3. The van der Waals surface area contributed by atoms with Gasteiger partial charge in [-0.1, -0.05) is 54.7 Å². The van der Waals surface area contributed by atoms with Crippen molar-refractivity contribution in [1.29, 1.82) is 0 Å². The molecule has 1 aromatic heterocycles. The molecule has 0 spiro atoms. The third-order valence-corrected chi connectivity index (χ3v) is 6.96. The van der Waals surface area contributed by atoms with Crippen molar-refractivity contribution >= 4 is 29.4 Å². The van der Waals surface area contributed by atoms with Gasteiger partial charge in [-0.15, -0.1) is 0 Å². The Kier molecular flexibility index (Phi) is 8.98. The van der Waals surface area contributed by atoms with Crippen LogP contribution >= 0.6 is 11.3 Å². The number of benzene rings is 2. The van der Waals surface area contributed by atoms with E-state index in [0.29, 0.717) is 50.7 Å². The van der Waals surface area contributed by atoms with Crippen molar-refractivity contribution in [2.24, 2.45) is 4.99 Å². The molecule has 2 heterocycles. The largest absolute Gasteiger partial charge is 0.490 e. The first-order valence-corrected chi connectivity index (χ1v) is 13.5. The Labute approximate surface area is 229 Å². The third kappa shape index (κ3) is 5.96. The quantitative estimate of drug-likeness (QED) is 0.357. The highest BCUT2D eigenvalue weighted by Gasteiger charge is 2.33. The molecule has 0 fully saturated rings. The number of hydrogen-bond donors (Lipinski definition) is 0. The number of carbonyl (C=O) groups is 2. The topological polar surface area (TPSA) is 105 Å². The summed E-state index contributed by atoms with van der Waals surface area (Å²) in [6, 6.07) is 13.9. The van der Waals surface area contributed by atoms with Crippen LogP contribution in [0.15, 0.2) is 69.6 Å². The summed E-state index contributed by atoms with van der Waals surface area (Å²) < 4.78 is 23.3. The number of ether oxygens (including phenoxy) is 4. The number of allylic oxidation sites excluding steroid dienone is 1. The summed E-state index contributed by atoms with van der Waals surface area (Å²) in [5, 5.41) is 0. The van der Waals surface area contributed by atoms with E-state index in [1.807, 2.05) is 44.2 Å². The molecule has 10 heteroatoms. The molecule has 0 radical (unpaired) electrons. The first kappa shape index (κ1) is 27.8. The lowest BCUT2D eigenvalue weighted by molar-refractivity contribution is -0.145. The molecule has 0 unspecified atom stereocenters. The minimum absolute atomic E-state index is 0.242. The highest BCUT2D eigenvalue weighted by molar-refractivity contribution is 7.07. The second kappa shape index (κ2) is 12.6. The zero-order chi connectivity index (χ0) is 27.9. The number of esters is 2. The second-order valence-electron chi connectivity index (χ2n) is 8.43. The number of carbonyl (C=O) groups excluding carboxylic acids is 2. The van der Waals surface area contributed by atoms with E-state index in [4.69, 9.17) is 18.9 Å². The van der Waals surface area contributed by atoms with E-state index in [-0.39, 0.29) is 18.8 Å². The lowest BCUT2D eigenvalue weighted by Gasteiger charge is -2.25. The standard InChI is InChI=1S/C29H30N2O7S/c1-5-20-25(28(34)35-4)26(19-11-9-8-10-12-19)31-27(33)23(39-29(31)30-20)16-18-13-14-21(22(15-18)36-6-2)38-17-24(32)37-7-3/h8-16,26H,5-7,17H2,1-4H3/b23-16-/t26-/m1/s1. The van der Waals surface area contributed by atoms with Gasteiger partial charge in [-0.05, 0) is 49.6 Å². The van der Waals surface area contributed by atoms with Gasteiger partial charge in [-0.2, -0.15) is 0 Å². The summed E-state index contributed by atoms with van der Waals surface area (Å²) in [6.45, 7) is 5.89. The van der Waals surface area contributed by atoms with Crippen molar-refractivity contribution in [2.75, 3.05) is 26.9 Å². The number of hydrogen-bond acceptors (Lipinski definition) is 9. The molecule has 2 aromatic carbocycles. The summed E-state index contributed by atoms with van der Waals surface area (Å²) in [5.74, 6) is -0.163. The number of rotatable bonds is 10. The van der Waals surface area contributed by atoms with Crippen molar-refractivity contribution < 1.29 is 28.5 Å². The molecular weight excluding hydrogens is 520 g/mol. The SMILES string of the molecule is CCOC(=O)COc1ccc(/C=c2\sc3n(c2=O)[C@H](c2ccccc2)C(C(=O)OC)=C(CC)N=3)cc1OCC. The van der Waals surface area contributed by atoms with Crippen LogP contribution in [0.5, 0.6) is 11.5 Å². The molecule has 1 aliphatic rings. The van der Waals surface area contributed by atoms with Gasteiger partial charge >= 0.3 is 11.9 Å². The second-order valence-corrected chi connectivity index (χ2v) is 9.44. The van der Waals surface area contributed by atoms with Gasteiger partial charge in [0.15, 0.2) is 22.9 Å². The summed E-state index contributed by atoms with van der Waals surface area (Å²) in [6.07, 6.45) is 2.25. The third-order valence-electron chi connectivity index (χ3n) is 5.98. The van der Waals surface area contributed by atoms with E-state index < -0.39 is 18.0 Å². The first-order valence-electron chi connectivity index (χ1n) is 12.6. The molecule has 204 valence electrons. The van der Waals surface area contributed by atoms with Gasteiger partial charge in [0.1, 0.15) is 0 Å². The Morgan fingerprint density at radius 1 is 1.03 bits per heavy atom. The van der Waals surface area contributed by atoms with E-state index >= 15 is 0 Å². The average molecular weight is 551 g/mol. The fourth-order valence-electron chi connectivity index (χ4n) is 4.31. The van der Waals surface area contributed by atoms with Crippen LogP contribution in [-0.2, 0) is 19.1 Å². The van der Waals surface area contributed by atoms with Crippen molar-refractivity contribution in [3.63, 3.8) is 0 Å². The van der Waals surface area contributed by atoms with Crippen LogP contribution in [0, 0.1) is 0 Å². The Morgan fingerprint density at radius 3 is 2.46 bits per heavy atom. The maximum atomic E-state index is 13.8. The minimum atomic E-state index is -0.662. The van der Waals surface area contributed by atoms with Crippen molar-refractivity contribution in [1.82, 2.24) is 4.57 Å². The zero-order valence-corrected chi connectivity index (χ0v) is 23.1. The molecule has 39 heavy (non-hydrogen) atoms. The van der Waals surface area contributed by atoms with Crippen molar-refractivity contribution in [2.45, 2.75) is 33.2 Å². The molecule has 0 N–H and O–H groups in total. The predicted molar refractivity (Wildman–Crippen MR) is 147 cm³/mol. The Bertz CT molecular complexity index is 1570. The van der Waals surface area contributed by atoms with E-state index in [1.165, 1.54) is 18.4 Å². The van der Waals surface area contributed by atoms with Crippen LogP contribution in [0.1, 0.15) is 44.4 Å². The molecule has 0 saturated carbocycles. The molecule has 0 bridgehead atoms. The summed E-state index contributed by atoms with van der Waals surface area (Å²) in [5.41, 5.74) is 2.15. The number of thiazole rings is 1. The van der Waals surface area contributed by atoms with E-state index in [2.05, 4.69) is 4.99 Å². The van der Waals surface area contributed by atoms with Crippen LogP contribution < -0.4 is 24.4 Å². The van der Waals surface area contributed by atoms with Gasteiger partial charge in [0, 0.05) is 0 Å². The van der Waals surface area contributed by atoms with Crippen molar-refractivity contribution in [3.8, 4) is 11.5 Å². The molecule has 4 rings (SSSR count). The predicted octanol–water partition coefficient (Wildman–Crippen LogP) is 3.14. The van der Waals surface area contributed by atoms with Crippen molar-refractivity contribution in [3.05, 3.63) is 90.6 Å². The summed E-state index contributed by atoms with van der Waals surface area (Å²) >= 11 is 1.25. The smallest absolute Gasteiger partial charge is 0.344 e. The lowest BCUT2D eigenvalue weighted by Crippen LogP contribution is -2.40. The maximum absolute atomic E-state index is 13.8. The molecule has 0 saturated heterocycles. The van der Waals surface area contributed by atoms with Crippen LogP contribution in [0.4, 0.5) is 0 Å². The van der Waals surface area contributed by atoms with E-state index in [1.54, 1.807) is 35.8 Å². The summed E-state index contributed by atoms with van der Waals surface area (Å²) in [4.78, 5) is 43.6. The minimum Gasteiger partial charge on any atom is -0.490 e. The number of nitrogens with zero attached hydrogens (tertiary/aromatic N) is 2. The fourth-order valence-corrected chi connectivity index (χ4v) is 5.33. The molecule has 1 aliphatic heterocycles.